The molecule has 0 N–H and O–H groups in total. The lowest BCUT2D eigenvalue weighted by Gasteiger charge is -2.35. The normalized spacial score (nSPS) is 17.6. The number of para-hydroxylation sites is 2. The van der Waals surface area contributed by atoms with Crippen molar-refractivity contribution in [2.45, 2.75) is 13.0 Å². The number of pyridine rings is 1. The minimum atomic E-state index is -0.0744. The van der Waals surface area contributed by atoms with E-state index in [-0.39, 0.29) is 24.8 Å². The molecule has 1 aromatic heterocycles. The Morgan fingerprint density at radius 1 is 1.04 bits per heavy atom. The number of benzene rings is 1. The van der Waals surface area contributed by atoms with E-state index in [4.69, 9.17) is 4.74 Å². The molecule has 146 valence electrons. The summed E-state index contributed by atoms with van der Waals surface area (Å²) in [6, 6.07) is 11.4. The number of piperazine rings is 1. The molecule has 28 heavy (non-hydrogen) atoms. The molecule has 0 spiro atoms. The number of ether oxygens (including phenoxy) is 1. The Hall–Kier alpha value is -2.93. The second-order valence-electron chi connectivity index (χ2n) is 7.06. The first-order chi connectivity index (χ1) is 13.7. The molecule has 2 aliphatic rings. The second-order valence-corrected chi connectivity index (χ2v) is 7.06. The summed E-state index contributed by atoms with van der Waals surface area (Å²) < 4.78 is 5.65. The lowest BCUT2D eigenvalue weighted by molar-refractivity contribution is -0.133. The fraction of sp³-hybridized carbons (Fsp3) is 0.381. The third-order valence-electron chi connectivity index (χ3n) is 5.20. The van der Waals surface area contributed by atoms with Crippen molar-refractivity contribution in [2.75, 3.05) is 44.2 Å². The number of rotatable bonds is 4. The number of anilines is 1. The third-order valence-corrected chi connectivity index (χ3v) is 5.20. The average Bonchev–Trinajstić information content (AvgIpc) is 2.88. The van der Waals surface area contributed by atoms with Crippen molar-refractivity contribution in [1.29, 1.82) is 0 Å². The number of carbonyl (C=O) groups is 2. The van der Waals surface area contributed by atoms with Crippen LogP contribution in [0.4, 0.5) is 5.69 Å². The standard InChI is InChI=1S/C21H24N4O3/c26-20-7-14-28-19-4-2-1-3-18(19)25(20)16-21(27)24-12-10-23(11-13-24)15-17-5-8-22-9-6-17/h1-6,8-9H,7,10-16H2. The van der Waals surface area contributed by atoms with Crippen LogP contribution in [-0.4, -0.2) is 65.9 Å². The Morgan fingerprint density at radius 2 is 1.79 bits per heavy atom. The molecule has 0 atom stereocenters. The first-order valence-electron chi connectivity index (χ1n) is 9.62. The zero-order chi connectivity index (χ0) is 19.3. The highest BCUT2D eigenvalue weighted by Crippen LogP contribution is 2.30. The Kier molecular flexibility index (Phi) is 5.53. The van der Waals surface area contributed by atoms with Gasteiger partial charge in [0.2, 0.25) is 11.8 Å². The van der Waals surface area contributed by atoms with Gasteiger partial charge in [-0.1, -0.05) is 12.1 Å². The van der Waals surface area contributed by atoms with Crippen LogP contribution in [0.15, 0.2) is 48.8 Å². The van der Waals surface area contributed by atoms with Gasteiger partial charge in [-0.25, -0.2) is 0 Å². The summed E-state index contributed by atoms with van der Waals surface area (Å²) in [5.74, 6) is 0.562. The number of nitrogens with zero attached hydrogens (tertiary/aromatic N) is 4. The molecule has 1 saturated heterocycles. The van der Waals surface area contributed by atoms with Crippen LogP contribution in [-0.2, 0) is 16.1 Å². The van der Waals surface area contributed by atoms with E-state index < -0.39 is 0 Å². The van der Waals surface area contributed by atoms with Gasteiger partial charge in [-0.2, -0.15) is 0 Å². The zero-order valence-electron chi connectivity index (χ0n) is 15.8. The molecule has 0 bridgehead atoms. The number of carbonyl (C=O) groups excluding carboxylic acids is 2. The van der Waals surface area contributed by atoms with Gasteiger partial charge in [0.1, 0.15) is 12.3 Å². The molecule has 0 aliphatic carbocycles. The number of hydrogen-bond acceptors (Lipinski definition) is 5. The van der Waals surface area contributed by atoms with E-state index in [0.717, 1.165) is 19.6 Å². The highest BCUT2D eigenvalue weighted by Gasteiger charge is 2.28. The van der Waals surface area contributed by atoms with Crippen molar-refractivity contribution in [2.24, 2.45) is 0 Å². The summed E-state index contributed by atoms with van der Waals surface area (Å²) in [4.78, 5) is 35.2. The van der Waals surface area contributed by atoms with E-state index in [1.807, 2.05) is 41.3 Å². The van der Waals surface area contributed by atoms with Gasteiger partial charge < -0.3 is 9.64 Å². The van der Waals surface area contributed by atoms with Gasteiger partial charge in [0.15, 0.2) is 0 Å². The van der Waals surface area contributed by atoms with Crippen LogP contribution in [0.3, 0.4) is 0 Å². The number of aromatic nitrogens is 1. The minimum Gasteiger partial charge on any atom is -0.491 e. The van der Waals surface area contributed by atoms with Crippen molar-refractivity contribution in [3.8, 4) is 5.75 Å². The molecule has 1 fully saturated rings. The van der Waals surface area contributed by atoms with E-state index in [0.29, 0.717) is 31.1 Å². The van der Waals surface area contributed by atoms with Crippen molar-refractivity contribution < 1.29 is 14.3 Å². The van der Waals surface area contributed by atoms with Crippen LogP contribution in [0.25, 0.3) is 0 Å². The zero-order valence-corrected chi connectivity index (χ0v) is 15.8. The quantitative estimate of drug-likeness (QED) is 0.805. The summed E-state index contributed by atoms with van der Waals surface area (Å²) in [5.41, 5.74) is 1.90. The molecule has 2 aromatic rings. The lowest BCUT2D eigenvalue weighted by atomic mass is 10.2. The fourth-order valence-electron chi connectivity index (χ4n) is 3.63. The molecule has 4 rings (SSSR count). The number of hydrogen-bond donors (Lipinski definition) is 0. The molecule has 7 nitrogen and oxygen atoms in total. The molecule has 0 saturated carbocycles. The Labute approximate surface area is 164 Å². The summed E-state index contributed by atoms with van der Waals surface area (Å²) >= 11 is 0. The van der Waals surface area contributed by atoms with Crippen LogP contribution in [0.5, 0.6) is 5.75 Å². The van der Waals surface area contributed by atoms with E-state index in [9.17, 15) is 9.59 Å². The Bertz CT molecular complexity index is 835. The highest BCUT2D eigenvalue weighted by molar-refractivity contribution is 6.00. The molecule has 1 aromatic carbocycles. The van der Waals surface area contributed by atoms with Crippen LogP contribution in [0.2, 0.25) is 0 Å². The smallest absolute Gasteiger partial charge is 0.242 e. The number of amides is 2. The van der Waals surface area contributed by atoms with Gasteiger partial charge in [0, 0.05) is 45.1 Å². The molecular weight excluding hydrogens is 356 g/mol. The maximum Gasteiger partial charge on any atom is 0.242 e. The van der Waals surface area contributed by atoms with Crippen LogP contribution in [0.1, 0.15) is 12.0 Å². The van der Waals surface area contributed by atoms with Gasteiger partial charge in [0.05, 0.1) is 18.7 Å². The van der Waals surface area contributed by atoms with Crippen molar-refractivity contribution in [3.63, 3.8) is 0 Å². The van der Waals surface area contributed by atoms with E-state index in [1.54, 1.807) is 17.3 Å². The summed E-state index contributed by atoms with van der Waals surface area (Å²) in [6.07, 6.45) is 3.88. The van der Waals surface area contributed by atoms with Gasteiger partial charge in [-0.3, -0.25) is 24.4 Å². The monoisotopic (exact) mass is 380 g/mol. The maximum atomic E-state index is 12.9. The molecule has 0 radical (unpaired) electrons. The predicted octanol–water partition coefficient (Wildman–Crippen LogP) is 1.54. The molecule has 7 heteroatoms. The van der Waals surface area contributed by atoms with Crippen LogP contribution >= 0.6 is 0 Å². The summed E-state index contributed by atoms with van der Waals surface area (Å²) in [6.45, 7) is 4.25. The minimum absolute atomic E-state index is 0.0198. The van der Waals surface area contributed by atoms with Gasteiger partial charge in [-0.15, -0.1) is 0 Å². The molecule has 0 unspecified atom stereocenters. The van der Waals surface area contributed by atoms with Crippen molar-refractivity contribution in [1.82, 2.24) is 14.8 Å². The predicted molar refractivity (Wildman–Crippen MR) is 105 cm³/mol. The van der Waals surface area contributed by atoms with Gasteiger partial charge in [0.25, 0.3) is 0 Å². The number of fused-ring (bicyclic) bond motifs is 1. The largest absolute Gasteiger partial charge is 0.491 e. The molecule has 3 heterocycles. The summed E-state index contributed by atoms with van der Waals surface area (Å²) in [5, 5.41) is 0. The fourth-order valence-corrected chi connectivity index (χ4v) is 3.63. The van der Waals surface area contributed by atoms with Crippen molar-refractivity contribution in [3.05, 3.63) is 54.4 Å². The SMILES string of the molecule is O=C(CN1C(=O)CCOc2ccccc21)N1CCN(Cc2ccncc2)CC1. The van der Waals surface area contributed by atoms with E-state index >= 15 is 0 Å². The van der Waals surface area contributed by atoms with E-state index in [1.165, 1.54) is 5.56 Å². The highest BCUT2D eigenvalue weighted by atomic mass is 16.5. The average molecular weight is 380 g/mol. The third kappa shape index (κ3) is 4.14. The first-order valence-corrected chi connectivity index (χ1v) is 9.62. The van der Waals surface area contributed by atoms with E-state index in [2.05, 4.69) is 9.88 Å². The molecule has 2 aliphatic heterocycles. The van der Waals surface area contributed by atoms with Gasteiger partial charge in [-0.05, 0) is 29.8 Å². The second kappa shape index (κ2) is 8.39. The Balaban J connectivity index is 1.36. The van der Waals surface area contributed by atoms with Gasteiger partial charge >= 0.3 is 0 Å². The van der Waals surface area contributed by atoms with Crippen molar-refractivity contribution >= 4 is 17.5 Å². The van der Waals surface area contributed by atoms with Crippen LogP contribution in [0, 0.1) is 0 Å². The maximum absolute atomic E-state index is 12.9. The Morgan fingerprint density at radius 3 is 2.57 bits per heavy atom. The topological polar surface area (TPSA) is 66.0 Å². The molecule has 2 amide bonds. The molecular formula is C21H24N4O3. The first kappa shape index (κ1) is 18.4. The summed E-state index contributed by atoms with van der Waals surface area (Å²) in [7, 11) is 0. The van der Waals surface area contributed by atoms with Crippen LogP contribution < -0.4 is 9.64 Å². The lowest BCUT2D eigenvalue weighted by Crippen LogP contribution is -2.51.